The molecule has 1 heterocycles. The van der Waals surface area contributed by atoms with Crippen LogP contribution >= 0.6 is 17.0 Å². The van der Waals surface area contributed by atoms with E-state index >= 15 is 0 Å². The van der Waals surface area contributed by atoms with E-state index in [4.69, 9.17) is 9.73 Å². The zero-order valence-corrected chi connectivity index (χ0v) is 18.4. The summed E-state index contributed by atoms with van der Waals surface area (Å²) in [5.74, 6) is 1.39. The number of ketones is 1. The molecule has 5 nitrogen and oxygen atoms in total. The Morgan fingerprint density at radius 3 is 2.53 bits per heavy atom. The number of benzene rings is 2. The highest BCUT2D eigenvalue weighted by atomic mass is 79.9. The number of Topliss-reactive ketones (excluding diaryl/α,β-unsaturated/α-hetero) is 1. The molecule has 0 atom stereocenters. The number of rotatable bonds is 7. The number of nitrogens with zero attached hydrogens (tertiary/aromatic N) is 2. The number of carbonyl (C=O) groups is 1. The molecule has 0 saturated carbocycles. The topological polar surface area (TPSA) is 51.1 Å². The second-order valence-electron chi connectivity index (χ2n) is 6.69. The third kappa shape index (κ3) is 6.26. The lowest BCUT2D eigenvalue weighted by Crippen LogP contribution is -2.36. The average Bonchev–Trinajstić information content (AvgIpc) is 3.01. The van der Waals surface area contributed by atoms with Gasteiger partial charge in [-0.3, -0.25) is 9.79 Å². The molecule has 0 amide bonds. The maximum absolute atomic E-state index is 13.0. The maximum Gasteiger partial charge on any atom is 0.387 e. The number of hydrogen-bond acceptors (Lipinski definition) is 5. The second kappa shape index (κ2) is 11.6. The van der Waals surface area contributed by atoms with Gasteiger partial charge in [-0.25, -0.2) is 0 Å². The summed E-state index contributed by atoms with van der Waals surface area (Å²) in [5, 5.41) is 0. The SMILES string of the molecule is Br.COc1ccccc1N(CC(=O)c1ccc(OC(F)F)cc1)C1=NCCCCC1. The number of aliphatic imine (C=N–C) groups is 1. The average molecular weight is 483 g/mol. The summed E-state index contributed by atoms with van der Waals surface area (Å²) < 4.78 is 34.5. The van der Waals surface area contributed by atoms with Crippen LogP contribution in [0.4, 0.5) is 14.5 Å². The first-order valence-corrected chi connectivity index (χ1v) is 9.60. The number of hydrogen-bond donors (Lipinski definition) is 0. The Kier molecular flexibility index (Phi) is 9.23. The minimum atomic E-state index is -2.90. The summed E-state index contributed by atoms with van der Waals surface area (Å²) in [4.78, 5) is 19.6. The Balaban J connectivity index is 0.00000320. The van der Waals surface area contributed by atoms with Crippen LogP contribution in [0, 0.1) is 0 Å². The Labute approximate surface area is 185 Å². The first-order chi connectivity index (χ1) is 14.1. The van der Waals surface area contributed by atoms with Crippen molar-refractivity contribution in [3.05, 3.63) is 54.1 Å². The highest BCUT2D eigenvalue weighted by molar-refractivity contribution is 8.93. The number of alkyl halides is 2. The van der Waals surface area contributed by atoms with Crippen molar-refractivity contribution in [2.24, 2.45) is 4.99 Å². The van der Waals surface area contributed by atoms with Crippen LogP contribution in [-0.4, -0.2) is 38.4 Å². The predicted octanol–water partition coefficient (Wildman–Crippen LogP) is 5.54. The Morgan fingerprint density at radius 2 is 1.83 bits per heavy atom. The van der Waals surface area contributed by atoms with E-state index in [1.807, 2.05) is 29.2 Å². The third-order valence-electron chi connectivity index (χ3n) is 4.74. The van der Waals surface area contributed by atoms with Gasteiger partial charge in [-0.05, 0) is 49.2 Å². The zero-order chi connectivity index (χ0) is 20.6. The molecule has 0 aliphatic carbocycles. The van der Waals surface area contributed by atoms with E-state index in [1.54, 1.807) is 7.11 Å². The number of ether oxygens (including phenoxy) is 2. The minimum Gasteiger partial charge on any atom is -0.495 e. The van der Waals surface area contributed by atoms with Gasteiger partial charge in [-0.2, -0.15) is 8.78 Å². The van der Waals surface area contributed by atoms with Crippen LogP contribution in [0.15, 0.2) is 53.5 Å². The normalized spacial score (nSPS) is 13.7. The number of amidine groups is 1. The van der Waals surface area contributed by atoms with Crippen molar-refractivity contribution in [2.45, 2.75) is 32.3 Å². The Morgan fingerprint density at radius 1 is 1.10 bits per heavy atom. The van der Waals surface area contributed by atoms with Crippen molar-refractivity contribution in [3.8, 4) is 11.5 Å². The molecule has 3 rings (SSSR count). The van der Waals surface area contributed by atoms with Gasteiger partial charge in [-0.1, -0.05) is 18.6 Å². The smallest absolute Gasteiger partial charge is 0.387 e. The molecule has 0 aromatic heterocycles. The van der Waals surface area contributed by atoms with Crippen molar-refractivity contribution in [2.75, 3.05) is 25.1 Å². The van der Waals surface area contributed by atoms with Gasteiger partial charge in [0.1, 0.15) is 17.3 Å². The fourth-order valence-electron chi connectivity index (χ4n) is 3.30. The van der Waals surface area contributed by atoms with Gasteiger partial charge in [0, 0.05) is 18.5 Å². The van der Waals surface area contributed by atoms with E-state index in [9.17, 15) is 13.6 Å². The molecule has 2 aromatic carbocycles. The standard InChI is InChI=1S/C22H24F2N2O3.BrH/c1-28-20-8-5-4-7-18(20)26(21-9-3-2-6-14-25-21)15-19(27)16-10-12-17(13-11-16)29-22(23)24;/h4-5,7-8,10-13,22H,2-3,6,9,14-15H2,1H3;1H. The van der Waals surface area contributed by atoms with Gasteiger partial charge in [-0.15, -0.1) is 17.0 Å². The molecule has 162 valence electrons. The molecule has 30 heavy (non-hydrogen) atoms. The van der Waals surface area contributed by atoms with Crippen molar-refractivity contribution in [3.63, 3.8) is 0 Å². The number of halogens is 3. The lowest BCUT2D eigenvalue weighted by atomic mass is 10.1. The van der Waals surface area contributed by atoms with E-state index in [0.29, 0.717) is 11.3 Å². The Hall–Kier alpha value is -2.48. The van der Waals surface area contributed by atoms with Crippen LogP contribution in [0.1, 0.15) is 36.0 Å². The summed E-state index contributed by atoms with van der Waals surface area (Å²) in [6.07, 6.45) is 3.93. The molecule has 0 unspecified atom stereocenters. The fourth-order valence-corrected chi connectivity index (χ4v) is 3.30. The molecule has 0 N–H and O–H groups in total. The molecule has 2 aromatic rings. The van der Waals surface area contributed by atoms with E-state index < -0.39 is 6.61 Å². The van der Waals surface area contributed by atoms with Crippen LogP contribution in [-0.2, 0) is 0 Å². The van der Waals surface area contributed by atoms with Gasteiger partial charge in [0.2, 0.25) is 0 Å². The molecule has 0 bridgehead atoms. The van der Waals surface area contributed by atoms with Crippen LogP contribution in [0.5, 0.6) is 11.5 Å². The molecular formula is C22H25BrF2N2O3. The second-order valence-corrected chi connectivity index (χ2v) is 6.69. The van der Waals surface area contributed by atoms with Crippen molar-refractivity contribution >= 4 is 34.3 Å². The maximum atomic E-state index is 13.0. The van der Waals surface area contributed by atoms with Crippen molar-refractivity contribution in [1.29, 1.82) is 0 Å². The summed E-state index contributed by atoms with van der Waals surface area (Å²) >= 11 is 0. The lowest BCUT2D eigenvalue weighted by molar-refractivity contribution is -0.0498. The third-order valence-corrected chi connectivity index (χ3v) is 4.74. The number of methoxy groups -OCH3 is 1. The van der Waals surface area contributed by atoms with Gasteiger partial charge in [0.15, 0.2) is 5.78 Å². The summed E-state index contributed by atoms with van der Waals surface area (Å²) in [6, 6.07) is 13.2. The first kappa shape index (κ1) is 23.8. The molecule has 8 heteroatoms. The minimum absolute atomic E-state index is 0. The quantitative estimate of drug-likeness (QED) is 0.486. The number of anilines is 1. The molecular weight excluding hydrogens is 458 g/mol. The van der Waals surface area contributed by atoms with Gasteiger partial charge < -0.3 is 14.4 Å². The molecule has 1 aliphatic heterocycles. The number of carbonyl (C=O) groups excluding carboxylic acids is 1. The van der Waals surface area contributed by atoms with Crippen LogP contribution in [0.2, 0.25) is 0 Å². The van der Waals surface area contributed by atoms with Gasteiger partial charge in [0.05, 0.1) is 19.3 Å². The molecule has 0 fully saturated rings. The molecule has 1 aliphatic rings. The van der Waals surface area contributed by atoms with E-state index in [0.717, 1.165) is 43.8 Å². The van der Waals surface area contributed by atoms with E-state index in [2.05, 4.69) is 4.74 Å². The molecule has 0 saturated heterocycles. The van der Waals surface area contributed by atoms with Gasteiger partial charge >= 0.3 is 6.61 Å². The summed E-state index contributed by atoms with van der Waals surface area (Å²) in [7, 11) is 1.59. The molecule has 0 radical (unpaired) electrons. The summed E-state index contributed by atoms with van der Waals surface area (Å²) in [6.45, 7) is -2.09. The predicted molar refractivity (Wildman–Crippen MR) is 119 cm³/mol. The van der Waals surface area contributed by atoms with Crippen LogP contribution in [0.3, 0.4) is 0 Å². The lowest BCUT2D eigenvalue weighted by Gasteiger charge is -2.27. The van der Waals surface area contributed by atoms with Crippen molar-refractivity contribution in [1.82, 2.24) is 0 Å². The van der Waals surface area contributed by atoms with E-state index in [1.165, 1.54) is 24.3 Å². The largest absolute Gasteiger partial charge is 0.495 e. The highest BCUT2D eigenvalue weighted by Crippen LogP contribution is 2.30. The number of para-hydroxylation sites is 2. The van der Waals surface area contributed by atoms with Crippen LogP contribution < -0.4 is 14.4 Å². The summed E-state index contributed by atoms with van der Waals surface area (Å²) in [5.41, 5.74) is 1.20. The molecule has 0 spiro atoms. The fraction of sp³-hybridized carbons (Fsp3) is 0.364. The van der Waals surface area contributed by atoms with Crippen molar-refractivity contribution < 1.29 is 23.0 Å². The van der Waals surface area contributed by atoms with Gasteiger partial charge in [0.25, 0.3) is 0 Å². The Bertz CT molecular complexity index is 860. The zero-order valence-electron chi connectivity index (χ0n) is 16.7. The first-order valence-electron chi connectivity index (χ1n) is 9.60. The van der Waals surface area contributed by atoms with Crippen LogP contribution in [0.25, 0.3) is 0 Å². The van der Waals surface area contributed by atoms with E-state index in [-0.39, 0.29) is 35.1 Å². The monoisotopic (exact) mass is 482 g/mol. The highest BCUT2D eigenvalue weighted by Gasteiger charge is 2.22.